The zero-order valence-corrected chi connectivity index (χ0v) is 9.12. The molecule has 0 unspecified atom stereocenters. The molecule has 3 rings (SSSR count). The van der Waals surface area contributed by atoms with Crippen molar-refractivity contribution >= 4 is 0 Å². The highest BCUT2D eigenvalue weighted by Crippen LogP contribution is 2.30. The summed E-state index contributed by atoms with van der Waals surface area (Å²) >= 11 is 0. The SMILES string of the molecule is N[C@@H]1[C@@H](O)[C@H](N2CCOCC2)[C@H]2OC[C@@H]1O2. The number of ether oxygens (including phenoxy) is 3. The maximum Gasteiger partial charge on any atom is 0.176 e. The van der Waals surface area contributed by atoms with Gasteiger partial charge in [-0.15, -0.1) is 0 Å². The molecule has 0 spiro atoms. The molecule has 3 saturated heterocycles. The minimum atomic E-state index is -0.579. The number of aliphatic hydroxyl groups is 1. The molecule has 92 valence electrons. The summed E-state index contributed by atoms with van der Waals surface area (Å²) in [7, 11) is 0. The Bertz CT molecular complexity index is 259. The lowest BCUT2D eigenvalue weighted by atomic mass is 9.95. The molecule has 0 amide bonds. The Morgan fingerprint density at radius 3 is 2.75 bits per heavy atom. The fraction of sp³-hybridized carbons (Fsp3) is 1.00. The molecule has 3 heterocycles. The van der Waals surface area contributed by atoms with Gasteiger partial charge in [-0.3, -0.25) is 4.90 Å². The maximum absolute atomic E-state index is 10.2. The molecule has 3 fully saturated rings. The van der Waals surface area contributed by atoms with E-state index in [0.29, 0.717) is 19.8 Å². The highest BCUT2D eigenvalue weighted by molar-refractivity contribution is 5.00. The van der Waals surface area contributed by atoms with E-state index in [1.165, 1.54) is 0 Å². The number of fused-ring (bicyclic) bond motifs is 2. The Balaban J connectivity index is 1.76. The van der Waals surface area contributed by atoms with Crippen LogP contribution in [0.2, 0.25) is 0 Å². The lowest BCUT2D eigenvalue weighted by Gasteiger charge is -2.43. The first kappa shape index (κ1) is 10.9. The topological polar surface area (TPSA) is 77.2 Å². The van der Waals surface area contributed by atoms with E-state index in [9.17, 15) is 5.11 Å². The monoisotopic (exact) mass is 230 g/mol. The molecular formula is C10H18N2O4. The first-order valence-electron chi connectivity index (χ1n) is 5.80. The molecule has 0 saturated carbocycles. The molecule has 3 aliphatic heterocycles. The van der Waals surface area contributed by atoms with E-state index < -0.39 is 6.10 Å². The molecule has 3 N–H and O–H groups in total. The maximum atomic E-state index is 10.2. The minimum absolute atomic E-state index is 0.155. The summed E-state index contributed by atoms with van der Waals surface area (Å²) < 4.78 is 16.5. The van der Waals surface area contributed by atoms with Gasteiger partial charge in [0.15, 0.2) is 6.29 Å². The summed E-state index contributed by atoms with van der Waals surface area (Å²) in [5.74, 6) is 0. The van der Waals surface area contributed by atoms with Crippen molar-refractivity contribution in [2.75, 3.05) is 32.9 Å². The molecule has 16 heavy (non-hydrogen) atoms. The van der Waals surface area contributed by atoms with Crippen LogP contribution in [0, 0.1) is 0 Å². The zero-order chi connectivity index (χ0) is 11.1. The average Bonchev–Trinajstić information content (AvgIpc) is 2.74. The largest absolute Gasteiger partial charge is 0.390 e. The number of morpholine rings is 1. The van der Waals surface area contributed by atoms with Crippen LogP contribution in [0.5, 0.6) is 0 Å². The second-order valence-electron chi connectivity index (χ2n) is 4.58. The van der Waals surface area contributed by atoms with Crippen LogP contribution in [-0.4, -0.2) is 73.5 Å². The van der Waals surface area contributed by atoms with E-state index >= 15 is 0 Å². The average molecular weight is 230 g/mol. The Morgan fingerprint density at radius 2 is 2.00 bits per heavy atom. The molecular weight excluding hydrogens is 212 g/mol. The number of aliphatic hydroxyl groups excluding tert-OH is 1. The summed E-state index contributed by atoms with van der Waals surface area (Å²) in [6, 6.07) is -0.510. The quantitative estimate of drug-likeness (QED) is 0.549. The summed E-state index contributed by atoms with van der Waals surface area (Å²) in [4.78, 5) is 2.15. The second kappa shape index (κ2) is 4.21. The summed E-state index contributed by atoms with van der Waals surface area (Å²) in [5.41, 5.74) is 5.94. The molecule has 6 nitrogen and oxygen atoms in total. The molecule has 0 aromatic heterocycles. The summed E-state index contributed by atoms with van der Waals surface area (Å²) in [5, 5.41) is 10.2. The number of hydrogen-bond donors (Lipinski definition) is 2. The van der Waals surface area contributed by atoms with Crippen LogP contribution in [0.3, 0.4) is 0 Å². The predicted molar refractivity (Wildman–Crippen MR) is 54.8 cm³/mol. The van der Waals surface area contributed by atoms with Crippen LogP contribution in [0.1, 0.15) is 0 Å². The van der Waals surface area contributed by atoms with Gasteiger partial charge in [-0.25, -0.2) is 0 Å². The highest BCUT2D eigenvalue weighted by atomic mass is 16.7. The second-order valence-corrected chi connectivity index (χ2v) is 4.58. The lowest BCUT2D eigenvalue weighted by molar-refractivity contribution is -0.186. The highest BCUT2D eigenvalue weighted by Gasteiger charge is 2.50. The van der Waals surface area contributed by atoms with E-state index in [1.54, 1.807) is 0 Å². The normalized spacial score (nSPS) is 49.5. The van der Waals surface area contributed by atoms with Gasteiger partial charge in [0.05, 0.1) is 38.0 Å². The molecule has 0 aromatic carbocycles. The van der Waals surface area contributed by atoms with Crippen molar-refractivity contribution in [1.82, 2.24) is 4.90 Å². The number of rotatable bonds is 1. The fourth-order valence-corrected chi connectivity index (χ4v) is 2.69. The third-order valence-electron chi connectivity index (χ3n) is 3.65. The molecule has 0 radical (unpaired) electrons. The van der Waals surface area contributed by atoms with Crippen molar-refractivity contribution in [2.24, 2.45) is 5.73 Å². The van der Waals surface area contributed by atoms with E-state index in [-0.39, 0.29) is 24.5 Å². The minimum Gasteiger partial charge on any atom is -0.390 e. The van der Waals surface area contributed by atoms with Crippen LogP contribution >= 0.6 is 0 Å². The van der Waals surface area contributed by atoms with Gasteiger partial charge in [-0.05, 0) is 0 Å². The van der Waals surface area contributed by atoms with Gasteiger partial charge >= 0.3 is 0 Å². The van der Waals surface area contributed by atoms with E-state index in [1.807, 2.05) is 0 Å². The van der Waals surface area contributed by atoms with Crippen LogP contribution in [-0.2, 0) is 14.2 Å². The van der Waals surface area contributed by atoms with Crippen LogP contribution in [0.25, 0.3) is 0 Å². The Kier molecular flexibility index (Phi) is 2.87. The van der Waals surface area contributed by atoms with Crippen molar-refractivity contribution < 1.29 is 19.3 Å². The van der Waals surface area contributed by atoms with Gasteiger partial charge in [0.1, 0.15) is 6.10 Å². The van der Waals surface area contributed by atoms with Crippen molar-refractivity contribution in [3.63, 3.8) is 0 Å². The molecule has 6 heteroatoms. The first-order chi connectivity index (χ1) is 7.77. The zero-order valence-electron chi connectivity index (χ0n) is 9.12. The molecule has 2 bridgehead atoms. The van der Waals surface area contributed by atoms with Gasteiger partial charge < -0.3 is 25.1 Å². The molecule has 0 aromatic rings. The third-order valence-corrected chi connectivity index (χ3v) is 3.65. The number of nitrogens with zero attached hydrogens (tertiary/aromatic N) is 1. The van der Waals surface area contributed by atoms with Crippen LogP contribution in [0.15, 0.2) is 0 Å². The smallest absolute Gasteiger partial charge is 0.176 e. The fourth-order valence-electron chi connectivity index (χ4n) is 2.69. The predicted octanol–water partition coefficient (Wildman–Crippen LogP) is -1.87. The standard InChI is InChI=1S/C10H18N2O4/c11-7-6-5-15-10(16-6)8(9(7)13)12-1-3-14-4-2-12/h6-10,13H,1-5,11H2/t6-,7-,8-,9+,10-/m0/s1. The van der Waals surface area contributed by atoms with Crippen LogP contribution < -0.4 is 5.73 Å². The summed E-state index contributed by atoms with van der Waals surface area (Å²) in [6.07, 6.45) is -1.07. The van der Waals surface area contributed by atoms with Crippen molar-refractivity contribution in [3.05, 3.63) is 0 Å². The van der Waals surface area contributed by atoms with Gasteiger partial charge in [-0.1, -0.05) is 0 Å². The van der Waals surface area contributed by atoms with Crippen molar-refractivity contribution in [1.29, 1.82) is 0 Å². The number of nitrogens with two attached hydrogens (primary N) is 1. The van der Waals surface area contributed by atoms with E-state index in [4.69, 9.17) is 19.9 Å². The molecule has 0 aliphatic carbocycles. The van der Waals surface area contributed by atoms with Crippen molar-refractivity contribution in [2.45, 2.75) is 30.6 Å². The summed E-state index contributed by atoms with van der Waals surface area (Å²) in [6.45, 7) is 3.46. The van der Waals surface area contributed by atoms with Gasteiger partial charge in [0.2, 0.25) is 0 Å². The van der Waals surface area contributed by atoms with Crippen molar-refractivity contribution in [3.8, 4) is 0 Å². The third kappa shape index (κ3) is 1.66. The Hall–Kier alpha value is -0.240. The molecule has 3 aliphatic rings. The van der Waals surface area contributed by atoms with E-state index in [0.717, 1.165) is 13.1 Å². The van der Waals surface area contributed by atoms with E-state index in [2.05, 4.69) is 4.90 Å². The van der Waals surface area contributed by atoms with Gasteiger partial charge in [-0.2, -0.15) is 0 Å². The Morgan fingerprint density at radius 1 is 1.25 bits per heavy atom. The molecule has 5 atom stereocenters. The number of hydrogen-bond acceptors (Lipinski definition) is 6. The lowest BCUT2D eigenvalue weighted by Crippen LogP contribution is -2.64. The van der Waals surface area contributed by atoms with Gasteiger partial charge in [0, 0.05) is 13.1 Å². The Labute approximate surface area is 94.2 Å². The first-order valence-corrected chi connectivity index (χ1v) is 5.80. The van der Waals surface area contributed by atoms with Gasteiger partial charge in [0.25, 0.3) is 0 Å². The van der Waals surface area contributed by atoms with Crippen LogP contribution in [0.4, 0.5) is 0 Å².